The number of carbonyl (C=O) groups is 1. The minimum atomic E-state index is 0. The topological polar surface area (TPSA) is 68.0 Å². The van der Waals surface area contributed by atoms with E-state index in [2.05, 4.69) is 16.4 Å². The van der Waals surface area contributed by atoms with Crippen LogP contribution in [0.2, 0.25) is 0 Å². The zero-order valence-corrected chi connectivity index (χ0v) is 14.3. The molecule has 1 aliphatic rings. The predicted molar refractivity (Wildman–Crippen MR) is 94.0 cm³/mol. The number of fused-ring (bicyclic) bond motifs is 1. The molecule has 2 heterocycles. The van der Waals surface area contributed by atoms with Crippen molar-refractivity contribution in [3.8, 4) is 0 Å². The highest BCUT2D eigenvalue weighted by Crippen LogP contribution is 2.42. The fraction of sp³-hybridized carbons (Fsp3) is 0.500. The lowest BCUT2D eigenvalue weighted by molar-refractivity contribution is 0.0965. The van der Waals surface area contributed by atoms with Gasteiger partial charge in [-0.2, -0.15) is 0 Å². The number of nitrogens with one attached hydrogen (secondary N) is 1. The second-order valence-corrected chi connectivity index (χ2v) is 6.73. The standard InChI is InChI=1S/C16H21N3OS.ClH/c1-18-15(20)14-13(11-6-4-10(9-17)5-7-11)12-3-2-8-19-16(12)21-14;/h2-3,8,10-11H,4-7,9,17H2,1H3,(H,18,20);1H. The van der Waals surface area contributed by atoms with E-state index in [0.29, 0.717) is 11.8 Å². The molecule has 0 saturated heterocycles. The fourth-order valence-corrected chi connectivity index (χ4v) is 4.50. The Balaban J connectivity index is 0.00000176. The summed E-state index contributed by atoms with van der Waals surface area (Å²) in [5.41, 5.74) is 6.99. The van der Waals surface area contributed by atoms with Gasteiger partial charge < -0.3 is 11.1 Å². The smallest absolute Gasteiger partial charge is 0.261 e. The number of thiophene rings is 1. The second kappa shape index (κ2) is 7.40. The van der Waals surface area contributed by atoms with Crippen molar-refractivity contribution < 1.29 is 4.79 Å². The van der Waals surface area contributed by atoms with Crippen LogP contribution in [0.1, 0.15) is 46.8 Å². The van der Waals surface area contributed by atoms with Gasteiger partial charge in [-0.05, 0) is 55.7 Å². The van der Waals surface area contributed by atoms with Gasteiger partial charge in [0.2, 0.25) is 0 Å². The molecule has 2 aromatic heterocycles. The van der Waals surface area contributed by atoms with E-state index in [9.17, 15) is 4.79 Å². The Morgan fingerprint density at radius 3 is 2.77 bits per heavy atom. The summed E-state index contributed by atoms with van der Waals surface area (Å²) < 4.78 is 0. The number of amides is 1. The molecule has 1 aliphatic carbocycles. The maximum atomic E-state index is 12.2. The maximum absolute atomic E-state index is 12.2. The van der Waals surface area contributed by atoms with Crippen molar-refractivity contribution in [1.82, 2.24) is 10.3 Å². The van der Waals surface area contributed by atoms with Gasteiger partial charge in [0.1, 0.15) is 4.83 Å². The number of nitrogens with two attached hydrogens (primary N) is 1. The highest BCUT2D eigenvalue weighted by molar-refractivity contribution is 7.20. The van der Waals surface area contributed by atoms with Gasteiger partial charge in [-0.3, -0.25) is 4.79 Å². The molecule has 0 unspecified atom stereocenters. The first kappa shape index (κ1) is 17.2. The number of rotatable bonds is 3. The van der Waals surface area contributed by atoms with Gasteiger partial charge >= 0.3 is 0 Å². The summed E-state index contributed by atoms with van der Waals surface area (Å²) in [5.74, 6) is 1.11. The van der Waals surface area contributed by atoms with Crippen LogP contribution in [-0.2, 0) is 0 Å². The molecule has 3 N–H and O–H groups in total. The van der Waals surface area contributed by atoms with Gasteiger partial charge in [-0.1, -0.05) is 6.07 Å². The lowest BCUT2D eigenvalue weighted by atomic mass is 9.78. The average molecular weight is 340 g/mol. The molecule has 120 valence electrons. The summed E-state index contributed by atoms with van der Waals surface area (Å²) in [6.45, 7) is 0.779. The van der Waals surface area contributed by atoms with E-state index in [4.69, 9.17) is 5.73 Å². The molecule has 0 bridgehead atoms. The van der Waals surface area contributed by atoms with E-state index in [-0.39, 0.29) is 18.3 Å². The summed E-state index contributed by atoms with van der Waals surface area (Å²) in [6, 6.07) is 4.05. The molecular formula is C16H22ClN3OS. The van der Waals surface area contributed by atoms with Crippen LogP contribution in [-0.4, -0.2) is 24.5 Å². The minimum Gasteiger partial charge on any atom is -0.354 e. The largest absolute Gasteiger partial charge is 0.354 e. The Hall–Kier alpha value is -1.17. The van der Waals surface area contributed by atoms with E-state index >= 15 is 0 Å². The monoisotopic (exact) mass is 339 g/mol. The first-order valence-corrected chi connectivity index (χ1v) is 8.35. The Morgan fingerprint density at radius 2 is 2.14 bits per heavy atom. The maximum Gasteiger partial charge on any atom is 0.261 e. The van der Waals surface area contributed by atoms with Crippen molar-refractivity contribution in [2.45, 2.75) is 31.6 Å². The Bertz CT molecular complexity index is 650. The number of nitrogens with zero attached hydrogens (tertiary/aromatic N) is 1. The van der Waals surface area contributed by atoms with E-state index in [1.165, 1.54) is 16.9 Å². The summed E-state index contributed by atoms with van der Waals surface area (Å²) in [7, 11) is 1.69. The van der Waals surface area contributed by atoms with Crippen LogP contribution in [0.3, 0.4) is 0 Å². The van der Waals surface area contributed by atoms with E-state index in [1.54, 1.807) is 13.2 Å². The molecule has 0 atom stereocenters. The van der Waals surface area contributed by atoms with Crippen molar-refractivity contribution in [2.75, 3.05) is 13.6 Å². The quantitative estimate of drug-likeness (QED) is 0.901. The van der Waals surface area contributed by atoms with Crippen LogP contribution < -0.4 is 11.1 Å². The van der Waals surface area contributed by atoms with E-state index in [0.717, 1.165) is 47.3 Å². The van der Waals surface area contributed by atoms with Crippen molar-refractivity contribution in [1.29, 1.82) is 0 Å². The number of hydrogen-bond acceptors (Lipinski definition) is 4. The summed E-state index contributed by atoms with van der Waals surface area (Å²) in [6.07, 6.45) is 6.35. The van der Waals surface area contributed by atoms with Crippen LogP contribution in [0.15, 0.2) is 18.3 Å². The first-order valence-electron chi connectivity index (χ1n) is 7.54. The van der Waals surface area contributed by atoms with Gasteiger partial charge in [-0.25, -0.2) is 4.98 Å². The third-order valence-electron chi connectivity index (χ3n) is 4.53. The molecule has 2 aromatic rings. The number of pyridine rings is 1. The number of aromatic nitrogens is 1. The minimum absolute atomic E-state index is 0. The van der Waals surface area contributed by atoms with Crippen LogP contribution >= 0.6 is 23.7 Å². The van der Waals surface area contributed by atoms with Crippen LogP contribution in [0.4, 0.5) is 0 Å². The Labute approximate surface area is 140 Å². The van der Waals surface area contributed by atoms with Gasteiger partial charge in [0.25, 0.3) is 5.91 Å². The molecule has 3 rings (SSSR count). The molecule has 22 heavy (non-hydrogen) atoms. The third-order valence-corrected chi connectivity index (χ3v) is 5.65. The molecule has 0 radical (unpaired) electrons. The van der Waals surface area contributed by atoms with Gasteiger partial charge in [0, 0.05) is 18.6 Å². The van der Waals surface area contributed by atoms with Crippen LogP contribution in [0, 0.1) is 5.92 Å². The lowest BCUT2D eigenvalue weighted by Gasteiger charge is -2.28. The number of halogens is 1. The fourth-order valence-electron chi connectivity index (χ4n) is 3.33. The van der Waals surface area contributed by atoms with Gasteiger partial charge in [-0.15, -0.1) is 23.7 Å². The van der Waals surface area contributed by atoms with Crippen molar-refractivity contribution in [3.63, 3.8) is 0 Å². The van der Waals surface area contributed by atoms with Crippen molar-refractivity contribution in [3.05, 3.63) is 28.8 Å². The molecule has 4 nitrogen and oxygen atoms in total. The first-order chi connectivity index (χ1) is 10.2. The Kier molecular flexibility index (Phi) is 5.78. The van der Waals surface area contributed by atoms with Crippen molar-refractivity contribution in [2.24, 2.45) is 11.7 Å². The highest BCUT2D eigenvalue weighted by Gasteiger charge is 2.28. The molecule has 6 heteroatoms. The lowest BCUT2D eigenvalue weighted by Crippen LogP contribution is -2.23. The summed E-state index contributed by atoms with van der Waals surface area (Å²) >= 11 is 1.51. The number of hydrogen-bond donors (Lipinski definition) is 2. The zero-order chi connectivity index (χ0) is 14.8. The highest BCUT2D eigenvalue weighted by atomic mass is 35.5. The molecular weight excluding hydrogens is 318 g/mol. The van der Waals surface area contributed by atoms with Gasteiger partial charge in [0.05, 0.1) is 4.88 Å². The van der Waals surface area contributed by atoms with E-state index < -0.39 is 0 Å². The normalized spacial score (nSPS) is 21.4. The summed E-state index contributed by atoms with van der Waals surface area (Å²) in [4.78, 5) is 18.4. The van der Waals surface area contributed by atoms with Crippen LogP contribution in [0.25, 0.3) is 10.2 Å². The van der Waals surface area contributed by atoms with E-state index in [1.807, 2.05) is 6.07 Å². The SMILES string of the molecule is CNC(=O)c1sc2ncccc2c1C1CCC(CN)CC1.Cl. The average Bonchev–Trinajstić information content (AvgIpc) is 2.93. The third kappa shape index (κ3) is 3.12. The number of carbonyl (C=O) groups excluding carboxylic acids is 1. The van der Waals surface area contributed by atoms with Crippen LogP contribution in [0.5, 0.6) is 0 Å². The molecule has 1 amide bonds. The molecule has 0 spiro atoms. The molecule has 1 saturated carbocycles. The molecule has 0 aromatic carbocycles. The summed E-state index contributed by atoms with van der Waals surface area (Å²) in [5, 5.41) is 3.92. The molecule has 1 fully saturated rings. The predicted octanol–water partition coefficient (Wildman–Crippen LogP) is 3.31. The zero-order valence-electron chi connectivity index (χ0n) is 12.7. The van der Waals surface area contributed by atoms with Crippen molar-refractivity contribution >= 4 is 39.9 Å². The molecule has 0 aliphatic heterocycles. The second-order valence-electron chi connectivity index (χ2n) is 5.73. The Morgan fingerprint density at radius 1 is 1.41 bits per heavy atom. The van der Waals surface area contributed by atoms with Gasteiger partial charge in [0.15, 0.2) is 0 Å².